The summed E-state index contributed by atoms with van der Waals surface area (Å²) in [6, 6.07) is 19.3. The number of benzene rings is 2. The van der Waals surface area contributed by atoms with E-state index in [2.05, 4.69) is 94.4 Å². The molecule has 0 heterocycles. The molecule has 5 aliphatic carbocycles. The molecule has 0 aromatic heterocycles. The van der Waals surface area contributed by atoms with Crippen LogP contribution in [0, 0.1) is 35.2 Å². The van der Waals surface area contributed by atoms with Gasteiger partial charge in [-0.3, -0.25) is 6.08 Å². The summed E-state index contributed by atoms with van der Waals surface area (Å²) in [6.07, 6.45) is 16.7. The van der Waals surface area contributed by atoms with Crippen LogP contribution >= 0.6 is 0 Å². The van der Waals surface area contributed by atoms with E-state index in [-0.39, 0.29) is 24.8 Å². The molecule has 0 nitrogen and oxygen atoms in total. The number of hydrogen-bond acceptors (Lipinski definition) is 0. The van der Waals surface area contributed by atoms with Crippen molar-refractivity contribution in [2.75, 3.05) is 0 Å². The summed E-state index contributed by atoms with van der Waals surface area (Å²) in [4.78, 5) is 0. The van der Waals surface area contributed by atoms with Crippen LogP contribution in [0.2, 0.25) is 0 Å². The van der Waals surface area contributed by atoms with E-state index in [4.69, 9.17) is 0 Å². The van der Waals surface area contributed by atoms with Crippen molar-refractivity contribution in [3.8, 4) is 0 Å². The van der Waals surface area contributed by atoms with E-state index in [9.17, 15) is 0 Å². The topological polar surface area (TPSA) is 0 Å². The third-order valence-corrected chi connectivity index (χ3v) is 8.63. The van der Waals surface area contributed by atoms with E-state index in [1.807, 2.05) is 0 Å². The first-order valence-electron chi connectivity index (χ1n) is 13.7. The first-order valence-corrected chi connectivity index (χ1v) is 14.9. The zero-order valence-corrected chi connectivity index (χ0v) is 26.8. The molecule has 3 aromatic rings. The summed E-state index contributed by atoms with van der Waals surface area (Å²) < 4.78 is 1.51. The zero-order valence-electron chi connectivity index (χ0n) is 22.8. The van der Waals surface area contributed by atoms with Crippen LogP contribution in [-0.2, 0) is 24.2 Å². The normalized spacial score (nSPS) is 28.7. The van der Waals surface area contributed by atoms with Crippen LogP contribution in [0.4, 0.5) is 0 Å². The molecule has 0 aliphatic heterocycles. The first kappa shape index (κ1) is 30.7. The van der Waals surface area contributed by atoms with Crippen LogP contribution in [0.3, 0.4) is 0 Å². The first-order chi connectivity index (χ1) is 16.8. The summed E-state index contributed by atoms with van der Waals surface area (Å²) in [6.45, 7) is 8.79. The summed E-state index contributed by atoms with van der Waals surface area (Å²) >= 11 is 1.55. The maximum Gasteiger partial charge on any atom is -0.0771 e. The average molecular weight is 611 g/mol. The van der Waals surface area contributed by atoms with Crippen LogP contribution in [-0.4, -0.2) is 3.21 Å². The summed E-state index contributed by atoms with van der Waals surface area (Å²) in [5.74, 6) is 3.82. The van der Waals surface area contributed by atoms with E-state index in [1.165, 1.54) is 36.7 Å². The van der Waals surface area contributed by atoms with Gasteiger partial charge in [-0.1, -0.05) is 62.6 Å². The molecule has 5 aliphatic rings. The van der Waals surface area contributed by atoms with Crippen LogP contribution in [0.1, 0.15) is 72.6 Å². The van der Waals surface area contributed by atoms with Gasteiger partial charge in [0.1, 0.15) is 0 Å². The molecule has 3 aromatic carbocycles. The molecule has 8 rings (SSSR count). The second-order valence-electron chi connectivity index (χ2n) is 12.2. The molecule has 4 fully saturated rings. The molecule has 0 saturated heterocycles. The Bertz CT molecular complexity index is 1190. The number of fused-ring (bicyclic) bond motifs is 3. The van der Waals surface area contributed by atoms with Gasteiger partial charge < -0.3 is 24.8 Å². The van der Waals surface area contributed by atoms with Gasteiger partial charge in [-0.05, 0) is 61.7 Å². The van der Waals surface area contributed by atoms with Gasteiger partial charge in [0.2, 0.25) is 0 Å². The Labute approximate surface area is 251 Å². The maximum atomic E-state index is 3.57. The van der Waals surface area contributed by atoms with Gasteiger partial charge in [-0.2, -0.15) is 11.6 Å². The summed E-state index contributed by atoms with van der Waals surface area (Å²) in [7, 11) is 0. The fourth-order valence-electron chi connectivity index (χ4n) is 7.91. The minimum absolute atomic E-state index is 0. The van der Waals surface area contributed by atoms with E-state index in [0.717, 1.165) is 17.8 Å². The predicted molar refractivity (Wildman–Crippen MR) is 148 cm³/mol. The predicted octanol–water partition coefficient (Wildman–Crippen LogP) is 3.38. The van der Waals surface area contributed by atoms with Crippen LogP contribution in [0.15, 0.2) is 71.8 Å². The fraction of sp³-hybridized carbons (Fsp3) is 0.471. The van der Waals surface area contributed by atoms with E-state index < -0.39 is 0 Å². The molecular weight excluding hydrogens is 571 g/mol. The Morgan fingerprint density at radius 1 is 0.865 bits per heavy atom. The third-order valence-electron chi connectivity index (χ3n) is 8.63. The number of allylic oxidation sites excluding steroid dienone is 4. The standard InChI is InChI=1S/C18H25.C13H9.C3H6.2ClH.Zr/c1-12-3-13(2)17(4-12)11-18-8-14-5-15(9-18)7-16(6-14)10-18;1-3-7-12-10(5-1)9-11-6-2-4-8-13(11)12;1-3-2;;;/h4,12,14-16H,5-11H2,1-2H3;1-9H;1-2H3;2*1H;/q2*-1;;;;+2/p-2. The van der Waals surface area contributed by atoms with Gasteiger partial charge in [-0.25, -0.2) is 5.57 Å². The Hall–Kier alpha value is -0.877. The van der Waals surface area contributed by atoms with Crippen molar-refractivity contribution < 1.29 is 49.0 Å². The van der Waals surface area contributed by atoms with Crippen molar-refractivity contribution in [1.29, 1.82) is 0 Å². The number of halogens is 2. The van der Waals surface area contributed by atoms with Crippen molar-refractivity contribution in [2.45, 2.75) is 72.6 Å². The quantitative estimate of drug-likeness (QED) is 0.391. The Morgan fingerprint density at radius 2 is 1.30 bits per heavy atom. The van der Waals surface area contributed by atoms with Crippen LogP contribution in [0.5, 0.6) is 0 Å². The number of hydrogen-bond donors (Lipinski definition) is 0. The van der Waals surface area contributed by atoms with Crippen molar-refractivity contribution in [1.82, 2.24) is 0 Å². The SMILES string of the molecule is CC1=[C-]C(C)C=C1CC12CC3CC(CC(C3)C1)C2.C[C](C)=[Zr+2].[Cl-].[Cl-].c1ccc2c(c1)[cH-]c1ccccc12. The molecule has 196 valence electrons. The minimum Gasteiger partial charge on any atom is -1.00 e. The van der Waals surface area contributed by atoms with Crippen molar-refractivity contribution in [3.63, 3.8) is 0 Å². The van der Waals surface area contributed by atoms with Crippen molar-refractivity contribution >= 4 is 24.8 Å². The summed E-state index contributed by atoms with van der Waals surface area (Å²) in [5, 5.41) is 5.39. The molecule has 37 heavy (non-hydrogen) atoms. The molecule has 0 radical (unpaired) electrons. The van der Waals surface area contributed by atoms with E-state index in [1.54, 1.807) is 68.3 Å². The Kier molecular flexibility index (Phi) is 10.8. The maximum absolute atomic E-state index is 3.57. The number of rotatable bonds is 2. The fourth-order valence-corrected chi connectivity index (χ4v) is 7.91. The monoisotopic (exact) mass is 608 g/mol. The molecule has 4 saturated carbocycles. The van der Waals surface area contributed by atoms with Crippen LogP contribution < -0.4 is 24.8 Å². The molecule has 0 spiro atoms. The average Bonchev–Trinajstić information content (AvgIpc) is 3.31. The molecule has 0 amide bonds. The molecule has 4 bridgehead atoms. The van der Waals surface area contributed by atoms with Gasteiger partial charge in [0.05, 0.1) is 0 Å². The zero-order chi connectivity index (χ0) is 24.6. The van der Waals surface area contributed by atoms with Gasteiger partial charge >= 0.3 is 41.3 Å². The molecule has 3 heteroatoms. The Balaban J connectivity index is 0.000000178. The second-order valence-corrected chi connectivity index (χ2v) is 14.6. The second kappa shape index (κ2) is 13.0. The van der Waals surface area contributed by atoms with Gasteiger partial charge in [0.15, 0.2) is 0 Å². The van der Waals surface area contributed by atoms with Crippen LogP contribution in [0.25, 0.3) is 21.5 Å². The van der Waals surface area contributed by atoms with E-state index >= 15 is 0 Å². The molecule has 1 unspecified atom stereocenters. The molecular formula is C34H40Cl2Zr-2. The van der Waals surface area contributed by atoms with E-state index in [0.29, 0.717) is 11.3 Å². The largest absolute Gasteiger partial charge is 1.00 e. The smallest absolute Gasteiger partial charge is 0.0771 e. The summed E-state index contributed by atoms with van der Waals surface area (Å²) in [5.41, 5.74) is 3.80. The minimum atomic E-state index is 0. The third kappa shape index (κ3) is 7.21. The molecule has 0 N–H and O–H groups in total. The van der Waals surface area contributed by atoms with Gasteiger partial charge in [0.25, 0.3) is 0 Å². The van der Waals surface area contributed by atoms with Crippen molar-refractivity contribution in [2.24, 2.45) is 29.1 Å². The Morgan fingerprint density at radius 3 is 1.70 bits per heavy atom. The van der Waals surface area contributed by atoms with Gasteiger partial charge in [-0.15, -0.1) is 39.7 Å². The van der Waals surface area contributed by atoms with Crippen molar-refractivity contribution in [3.05, 3.63) is 77.9 Å². The van der Waals surface area contributed by atoms with Gasteiger partial charge in [0, 0.05) is 0 Å². The molecule has 1 atom stereocenters.